The average Bonchev–Trinajstić information content (AvgIpc) is 2.97. The molecule has 12 unspecified atom stereocenters. The molecule has 0 heterocycles. The normalized spacial score (nSPS) is 48.0. The Kier molecular flexibility index (Phi) is 11.0. The summed E-state index contributed by atoms with van der Waals surface area (Å²) in [5.74, 6) is 13.0. The fourth-order valence-electron chi connectivity index (χ4n) is 13.9. The van der Waals surface area contributed by atoms with Crippen molar-refractivity contribution in [3.8, 4) is 0 Å². The van der Waals surface area contributed by atoms with E-state index in [1.165, 1.54) is 0 Å². The van der Waals surface area contributed by atoms with Gasteiger partial charge in [0.25, 0.3) is 0 Å². The summed E-state index contributed by atoms with van der Waals surface area (Å²) in [4.78, 5) is 0. The van der Waals surface area contributed by atoms with E-state index in [4.69, 9.17) is 0 Å². The summed E-state index contributed by atoms with van der Waals surface area (Å²) in [6.07, 6.45) is 48.0. The zero-order valence-electron chi connectivity index (χ0n) is 28.1. The first-order chi connectivity index (χ1) is 20.7. The molecule has 0 aromatic carbocycles. The lowest BCUT2D eigenvalue weighted by Crippen LogP contribution is -2.30. The molecule has 0 radical (unpaired) electrons. The maximum absolute atomic E-state index is 1.64. The first-order valence-corrected chi connectivity index (χ1v) is 20.7. The third-order valence-corrected chi connectivity index (χ3v) is 15.3. The van der Waals surface area contributed by atoms with E-state index >= 15 is 0 Å². The highest BCUT2D eigenvalue weighted by molar-refractivity contribution is 4.89. The van der Waals surface area contributed by atoms with Gasteiger partial charge in [-0.1, -0.05) is 109 Å². The minimum absolute atomic E-state index is 1.07. The van der Waals surface area contributed by atoms with Gasteiger partial charge in [-0.15, -0.1) is 0 Å². The van der Waals surface area contributed by atoms with Gasteiger partial charge in [-0.05, 0) is 154 Å². The van der Waals surface area contributed by atoms with E-state index in [0.29, 0.717) is 0 Å². The van der Waals surface area contributed by atoms with E-state index in [1.807, 2.05) is 0 Å². The van der Waals surface area contributed by atoms with Crippen LogP contribution in [0.4, 0.5) is 0 Å². The maximum atomic E-state index is 1.64. The van der Waals surface area contributed by atoms with Crippen molar-refractivity contribution in [1.29, 1.82) is 0 Å². The van der Waals surface area contributed by atoms with Crippen LogP contribution in [-0.2, 0) is 0 Å². The van der Waals surface area contributed by atoms with Crippen LogP contribution in [0.15, 0.2) is 0 Å². The first kappa shape index (κ1) is 30.6. The molecular weight excluding hydrogens is 504 g/mol. The summed E-state index contributed by atoms with van der Waals surface area (Å²) < 4.78 is 0. The number of rotatable bonds is 0. The third kappa shape index (κ3) is 8.62. The number of hydrogen-bond acceptors (Lipinski definition) is 0. The van der Waals surface area contributed by atoms with Crippen LogP contribution in [0.25, 0.3) is 0 Å². The summed E-state index contributed by atoms with van der Waals surface area (Å²) in [5.41, 5.74) is 0. The van der Waals surface area contributed by atoms with Crippen molar-refractivity contribution in [2.75, 3.05) is 0 Å². The van der Waals surface area contributed by atoms with Crippen LogP contribution in [0, 0.1) is 71.0 Å². The van der Waals surface area contributed by atoms with Crippen molar-refractivity contribution in [2.45, 2.75) is 193 Å². The molecule has 7 saturated carbocycles. The summed E-state index contributed by atoms with van der Waals surface area (Å²) in [7, 11) is 0. The van der Waals surface area contributed by atoms with Gasteiger partial charge in [-0.25, -0.2) is 0 Å². The molecule has 7 aliphatic rings. The van der Waals surface area contributed by atoms with Gasteiger partial charge >= 0.3 is 0 Å². The second-order valence-corrected chi connectivity index (χ2v) is 18.8. The largest absolute Gasteiger partial charge is 0.0533 e. The fraction of sp³-hybridized carbons (Fsp3) is 1.00. The lowest BCUT2D eigenvalue weighted by molar-refractivity contribution is 0.0902. The van der Waals surface area contributed by atoms with Crippen LogP contribution in [0.2, 0.25) is 0 Å². The molecule has 12 bridgehead atoms. The van der Waals surface area contributed by atoms with Crippen LogP contribution >= 0.6 is 0 Å². The van der Waals surface area contributed by atoms with Crippen LogP contribution in [0.1, 0.15) is 193 Å². The summed E-state index contributed by atoms with van der Waals surface area (Å²) in [6, 6.07) is 0. The van der Waals surface area contributed by atoms with E-state index in [0.717, 1.165) is 71.0 Å². The van der Waals surface area contributed by atoms with Crippen molar-refractivity contribution < 1.29 is 0 Å². The molecule has 7 fully saturated rings. The Morgan fingerprint density at radius 3 is 0.667 bits per heavy atom. The van der Waals surface area contributed by atoms with Gasteiger partial charge < -0.3 is 0 Å². The van der Waals surface area contributed by atoms with Crippen LogP contribution in [0.3, 0.4) is 0 Å². The second kappa shape index (κ2) is 15.1. The Balaban J connectivity index is 1.11. The minimum Gasteiger partial charge on any atom is -0.0533 e. The van der Waals surface area contributed by atoms with Gasteiger partial charge in [-0.3, -0.25) is 0 Å². The molecule has 0 aromatic heterocycles. The highest BCUT2D eigenvalue weighted by Crippen LogP contribution is 2.49. The Labute approximate surface area is 263 Å². The summed E-state index contributed by atoms with van der Waals surface area (Å²) >= 11 is 0. The standard InChI is InChI=1S/C42H72/c1-2-8-31-10-4-11-33(18-31)26-41-28-40-25-32(9-3-1)19-34-12-5-13-35(20-34)21-36-14-6-15-37(22-36)23-38-16-7-17-39(24-38)27-42(29-40)30-41/h31-42H,1-30H2. The Bertz CT molecular complexity index is 798. The molecule has 0 spiro atoms. The highest BCUT2D eigenvalue weighted by Gasteiger charge is 2.37. The van der Waals surface area contributed by atoms with Crippen molar-refractivity contribution in [3.05, 3.63) is 0 Å². The monoisotopic (exact) mass is 577 g/mol. The van der Waals surface area contributed by atoms with Gasteiger partial charge in [0.1, 0.15) is 0 Å². The lowest BCUT2D eigenvalue weighted by Gasteiger charge is -2.42. The SMILES string of the molecule is C1CCC2CCCC(C2)CC2CC3CC(CC1)CC1CCCC(CC4CCCC(C4)CC4CCCC(C4)CC(C2)C3)C1. The summed E-state index contributed by atoms with van der Waals surface area (Å²) in [5, 5.41) is 0. The smallest absolute Gasteiger partial charge is 0.0406 e. The lowest BCUT2D eigenvalue weighted by atomic mass is 9.63. The fourth-order valence-corrected chi connectivity index (χ4v) is 13.9. The number of fused-ring (bicyclic) bond motifs is 11. The van der Waals surface area contributed by atoms with E-state index in [-0.39, 0.29) is 0 Å². The average molecular weight is 577 g/mol. The Hall–Kier alpha value is 0. The van der Waals surface area contributed by atoms with Gasteiger partial charge in [-0.2, -0.15) is 0 Å². The van der Waals surface area contributed by atoms with E-state index < -0.39 is 0 Å². The maximum Gasteiger partial charge on any atom is -0.0406 e. The Morgan fingerprint density at radius 2 is 0.333 bits per heavy atom. The molecule has 0 heteroatoms. The minimum atomic E-state index is 1.07. The van der Waals surface area contributed by atoms with Gasteiger partial charge in [0, 0.05) is 0 Å². The van der Waals surface area contributed by atoms with Crippen molar-refractivity contribution >= 4 is 0 Å². The molecule has 0 saturated heterocycles. The molecule has 42 heavy (non-hydrogen) atoms. The second-order valence-electron chi connectivity index (χ2n) is 18.8. The molecule has 0 aliphatic heterocycles. The first-order valence-electron chi connectivity index (χ1n) is 20.7. The highest BCUT2D eigenvalue weighted by atomic mass is 14.4. The molecule has 0 amide bonds. The topological polar surface area (TPSA) is 0 Å². The quantitative estimate of drug-likeness (QED) is 0.269. The van der Waals surface area contributed by atoms with Crippen LogP contribution < -0.4 is 0 Å². The zero-order valence-corrected chi connectivity index (χ0v) is 28.1. The van der Waals surface area contributed by atoms with E-state index in [1.54, 1.807) is 193 Å². The van der Waals surface area contributed by atoms with Gasteiger partial charge in [0.15, 0.2) is 0 Å². The summed E-state index contributed by atoms with van der Waals surface area (Å²) in [6.45, 7) is 0. The van der Waals surface area contributed by atoms with Crippen molar-refractivity contribution in [2.24, 2.45) is 71.0 Å². The molecule has 0 N–H and O–H groups in total. The van der Waals surface area contributed by atoms with Crippen LogP contribution in [-0.4, -0.2) is 0 Å². The molecule has 0 aromatic rings. The Morgan fingerprint density at radius 1 is 0.143 bits per heavy atom. The van der Waals surface area contributed by atoms with Crippen LogP contribution in [0.5, 0.6) is 0 Å². The third-order valence-electron chi connectivity index (χ3n) is 15.3. The molecule has 7 rings (SSSR count). The van der Waals surface area contributed by atoms with E-state index in [9.17, 15) is 0 Å². The zero-order chi connectivity index (χ0) is 28.1. The number of hydrogen-bond donors (Lipinski definition) is 0. The molecule has 12 atom stereocenters. The van der Waals surface area contributed by atoms with Crippen molar-refractivity contribution in [3.63, 3.8) is 0 Å². The predicted molar refractivity (Wildman–Crippen MR) is 180 cm³/mol. The molecule has 240 valence electrons. The van der Waals surface area contributed by atoms with Gasteiger partial charge in [0.2, 0.25) is 0 Å². The molecule has 0 nitrogen and oxygen atoms in total. The van der Waals surface area contributed by atoms with Crippen molar-refractivity contribution in [1.82, 2.24) is 0 Å². The predicted octanol–water partition coefficient (Wildman–Crippen LogP) is 13.2. The molecule has 7 aliphatic carbocycles. The van der Waals surface area contributed by atoms with E-state index in [2.05, 4.69) is 0 Å². The van der Waals surface area contributed by atoms with Gasteiger partial charge in [0.05, 0.1) is 0 Å². The molecular formula is C42H72.